The minimum atomic E-state index is -1.09. The van der Waals surface area contributed by atoms with Crippen molar-refractivity contribution in [3.63, 3.8) is 0 Å². The molecule has 1 N–H and O–H groups in total. The highest BCUT2D eigenvalue weighted by molar-refractivity contribution is 7.80. The molecule has 0 aliphatic heterocycles. The number of hydrogen-bond donors (Lipinski definition) is 2. The summed E-state index contributed by atoms with van der Waals surface area (Å²) in [6, 6.07) is 1.48. The fourth-order valence-electron chi connectivity index (χ4n) is 0.463. The predicted molar refractivity (Wildman–Crippen MR) is 32.9 cm³/mol. The van der Waals surface area contributed by atoms with Gasteiger partial charge in [0, 0.05) is 0 Å². The molecular weight excluding hydrogens is 140 g/mol. The quantitative estimate of drug-likeness (QED) is 0.583. The topological polar surface area (TPSA) is 50.4 Å². The molecule has 0 aromatic carbocycles. The van der Waals surface area contributed by atoms with Crippen molar-refractivity contribution in [3.8, 4) is 0 Å². The van der Waals surface area contributed by atoms with Crippen LogP contribution in [0.5, 0.6) is 0 Å². The highest BCUT2D eigenvalue weighted by Crippen LogP contribution is 2.13. The Kier molecular flexibility index (Phi) is 1.48. The van der Waals surface area contributed by atoms with Gasteiger partial charge >= 0.3 is 5.97 Å². The van der Waals surface area contributed by atoms with Gasteiger partial charge in [-0.1, -0.05) is 0 Å². The minimum Gasteiger partial charge on any atom is -0.475 e. The number of aromatic carboxylic acids is 1. The van der Waals surface area contributed by atoms with E-state index in [0.717, 1.165) is 0 Å². The third kappa shape index (κ3) is 1.08. The molecule has 1 aromatic heterocycles. The Morgan fingerprint density at radius 2 is 2.44 bits per heavy atom. The van der Waals surface area contributed by atoms with Crippen LogP contribution in [0.2, 0.25) is 0 Å². The Bertz CT molecular complexity index is 228. The molecule has 1 heterocycles. The maximum absolute atomic E-state index is 10.1. The SMILES string of the molecule is O=C(O)c1occc1S. The van der Waals surface area contributed by atoms with E-state index in [-0.39, 0.29) is 5.76 Å². The van der Waals surface area contributed by atoms with Crippen LogP contribution in [0.15, 0.2) is 21.6 Å². The van der Waals surface area contributed by atoms with Crippen molar-refractivity contribution in [1.29, 1.82) is 0 Å². The highest BCUT2D eigenvalue weighted by Gasteiger charge is 2.09. The van der Waals surface area contributed by atoms with Crippen molar-refractivity contribution in [2.24, 2.45) is 0 Å². The third-order valence-electron chi connectivity index (χ3n) is 0.839. The zero-order valence-electron chi connectivity index (χ0n) is 4.37. The molecule has 0 saturated heterocycles. The van der Waals surface area contributed by atoms with Gasteiger partial charge in [-0.2, -0.15) is 0 Å². The zero-order valence-corrected chi connectivity index (χ0v) is 5.26. The summed E-state index contributed by atoms with van der Waals surface area (Å²) in [5, 5.41) is 8.31. The van der Waals surface area contributed by atoms with Crippen LogP contribution in [0.4, 0.5) is 0 Å². The van der Waals surface area contributed by atoms with E-state index in [1.54, 1.807) is 0 Å². The van der Waals surface area contributed by atoms with Crippen molar-refractivity contribution in [2.45, 2.75) is 4.90 Å². The molecule has 3 nitrogen and oxygen atoms in total. The number of rotatable bonds is 1. The van der Waals surface area contributed by atoms with Crippen molar-refractivity contribution >= 4 is 18.6 Å². The lowest BCUT2D eigenvalue weighted by molar-refractivity contribution is 0.0657. The standard InChI is InChI=1S/C5H4O3S/c6-5(7)4-3(9)1-2-8-4/h1-2,9H,(H,6,7). The van der Waals surface area contributed by atoms with Gasteiger partial charge in [0.1, 0.15) is 0 Å². The van der Waals surface area contributed by atoms with Crippen molar-refractivity contribution in [2.75, 3.05) is 0 Å². The second-order valence-corrected chi connectivity index (χ2v) is 1.92. The number of carboxylic acid groups (broad SMARTS) is 1. The molecule has 0 aliphatic carbocycles. The predicted octanol–water partition coefficient (Wildman–Crippen LogP) is 1.27. The molecule has 9 heavy (non-hydrogen) atoms. The van der Waals surface area contributed by atoms with Crippen molar-refractivity contribution in [3.05, 3.63) is 18.1 Å². The molecule has 0 amide bonds. The lowest BCUT2D eigenvalue weighted by atomic mass is 10.5. The first kappa shape index (κ1) is 6.22. The van der Waals surface area contributed by atoms with Crippen LogP contribution < -0.4 is 0 Å². The van der Waals surface area contributed by atoms with Gasteiger partial charge in [0.25, 0.3) is 0 Å². The maximum Gasteiger partial charge on any atom is 0.372 e. The highest BCUT2D eigenvalue weighted by atomic mass is 32.1. The Hall–Kier alpha value is -0.900. The molecule has 1 aromatic rings. The van der Waals surface area contributed by atoms with Crippen molar-refractivity contribution < 1.29 is 14.3 Å². The monoisotopic (exact) mass is 144 g/mol. The van der Waals surface area contributed by atoms with Gasteiger partial charge in [0.2, 0.25) is 5.76 Å². The molecule has 0 saturated carbocycles. The summed E-state index contributed by atoms with van der Waals surface area (Å²) in [5.41, 5.74) is 0. The van der Waals surface area contributed by atoms with Gasteiger partial charge < -0.3 is 9.52 Å². The Morgan fingerprint density at radius 3 is 2.67 bits per heavy atom. The summed E-state index contributed by atoms with van der Waals surface area (Å²) < 4.78 is 4.55. The van der Waals surface area contributed by atoms with Crippen LogP contribution in [-0.2, 0) is 0 Å². The van der Waals surface area contributed by atoms with Crippen LogP contribution in [0, 0.1) is 0 Å². The van der Waals surface area contributed by atoms with E-state index in [1.807, 2.05) is 0 Å². The summed E-state index contributed by atoms with van der Waals surface area (Å²) in [5.74, 6) is -1.21. The molecule has 0 spiro atoms. The maximum atomic E-state index is 10.1. The summed E-state index contributed by atoms with van der Waals surface area (Å²) in [4.78, 5) is 10.5. The van der Waals surface area contributed by atoms with Gasteiger partial charge in [0.15, 0.2) is 0 Å². The first-order chi connectivity index (χ1) is 4.22. The molecule has 1 rings (SSSR count). The third-order valence-corrected chi connectivity index (χ3v) is 1.19. The molecule has 0 atom stereocenters. The molecule has 4 heteroatoms. The smallest absolute Gasteiger partial charge is 0.372 e. The van der Waals surface area contributed by atoms with E-state index in [2.05, 4.69) is 17.0 Å². The number of carbonyl (C=O) groups is 1. The van der Waals surface area contributed by atoms with Gasteiger partial charge in [-0.15, -0.1) is 12.6 Å². The van der Waals surface area contributed by atoms with Gasteiger partial charge in [-0.05, 0) is 6.07 Å². The Morgan fingerprint density at radius 1 is 1.78 bits per heavy atom. The lowest BCUT2D eigenvalue weighted by Gasteiger charge is -1.84. The minimum absolute atomic E-state index is 0.113. The Labute approximate surface area is 56.7 Å². The van der Waals surface area contributed by atoms with E-state index < -0.39 is 5.97 Å². The second kappa shape index (κ2) is 2.14. The van der Waals surface area contributed by atoms with E-state index in [1.165, 1.54) is 12.3 Å². The lowest BCUT2D eigenvalue weighted by Crippen LogP contribution is -1.93. The summed E-state index contributed by atoms with van der Waals surface area (Å²) >= 11 is 3.81. The molecule has 0 radical (unpaired) electrons. The van der Waals surface area contributed by atoms with Gasteiger partial charge in [-0.25, -0.2) is 4.79 Å². The van der Waals surface area contributed by atoms with Gasteiger partial charge in [-0.3, -0.25) is 0 Å². The van der Waals surface area contributed by atoms with Crippen LogP contribution in [0.1, 0.15) is 10.6 Å². The number of hydrogen-bond acceptors (Lipinski definition) is 3. The van der Waals surface area contributed by atoms with Crippen LogP contribution in [0.25, 0.3) is 0 Å². The van der Waals surface area contributed by atoms with E-state index in [4.69, 9.17) is 5.11 Å². The number of thiol groups is 1. The number of furan rings is 1. The fourth-order valence-corrected chi connectivity index (χ4v) is 0.672. The molecule has 0 aliphatic rings. The number of carboxylic acids is 1. The molecular formula is C5H4O3S. The van der Waals surface area contributed by atoms with Crippen LogP contribution in [0.3, 0.4) is 0 Å². The van der Waals surface area contributed by atoms with E-state index in [9.17, 15) is 4.79 Å². The molecule has 0 bridgehead atoms. The largest absolute Gasteiger partial charge is 0.475 e. The molecule has 0 fully saturated rings. The second-order valence-electron chi connectivity index (χ2n) is 1.44. The van der Waals surface area contributed by atoms with Crippen LogP contribution in [-0.4, -0.2) is 11.1 Å². The fraction of sp³-hybridized carbons (Fsp3) is 0. The van der Waals surface area contributed by atoms with Crippen molar-refractivity contribution in [1.82, 2.24) is 0 Å². The first-order valence-electron chi connectivity index (χ1n) is 2.21. The van der Waals surface area contributed by atoms with Crippen LogP contribution >= 0.6 is 12.6 Å². The average molecular weight is 144 g/mol. The Balaban J connectivity index is 3.08. The zero-order chi connectivity index (χ0) is 6.85. The summed E-state index contributed by atoms with van der Waals surface area (Å²) in [6.45, 7) is 0. The first-order valence-corrected chi connectivity index (χ1v) is 2.66. The average Bonchev–Trinajstić information content (AvgIpc) is 2.13. The normalized spacial score (nSPS) is 9.44. The summed E-state index contributed by atoms with van der Waals surface area (Å²) in [7, 11) is 0. The summed E-state index contributed by atoms with van der Waals surface area (Å²) in [6.07, 6.45) is 1.28. The van der Waals surface area contributed by atoms with E-state index in [0.29, 0.717) is 4.90 Å². The van der Waals surface area contributed by atoms with Gasteiger partial charge in [0.05, 0.1) is 11.2 Å². The molecule has 48 valence electrons. The van der Waals surface area contributed by atoms with E-state index >= 15 is 0 Å². The molecule has 0 unspecified atom stereocenters.